The topological polar surface area (TPSA) is 79.3 Å². The largest absolute Gasteiger partial charge is 0.480 e. The second-order valence-corrected chi connectivity index (χ2v) is 4.24. The minimum atomic E-state index is -1.40. The molecule has 1 heterocycles. The standard InChI is InChI=1S/C10H9BrF2N2O3/c1-4(16)15-7(10(17)18)2-5-6(12)3-14-9(11)8(5)13/h3,7H,2H2,1H3,(H,15,16)(H,17,18). The van der Waals surface area contributed by atoms with Crippen LogP contribution in [0, 0.1) is 11.6 Å². The maximum Gasteiger partial charge on any atom is 0.326 e. The van der Waals surface area contributed by atoms with E-state index in [2.05, 4.69) is 26.2 Å². The van der Waals surface area contributed by atoms with E-state index in [0.29, 0.717) is 0 Å². The first-order chi connectivity index (χ1) is 8.32. The number of hydrogen-bond donors (Lipinski definition) is 2. The Morgan fingerprint density at radius 1 is 1.56 bits per heavy atom. The summed E-state index contributed by atoms with van der Waals surface area (Å²) in [5, 5.41) is 10.9. The summed E-state index contributed by atoms with van der Waals surface area (Å²) in [5.41, 5.74) is -0.446. The molecule has 0 fully saturated rings. The van der Waals surface area contributed by atoms with E-state index in [0.717, 1.165) is 13.1 Å². The Morgan fingerprint density at radius 2 is 2.17 bits per heavy atom. The van der Waals surface area contributed by atoms with Crippen molar-refractivity contribution < 1.29 is 23.5 Å². The van der Waals surface area contributed by atoms with E-state index in [1.54, 1.807) is 0 Å². The summed E-state index contributed by atoms with van der Waals surface area (Å²) < 4.78 is 26.7. The van der Waals surface area contributed by atoms with Gasteiger partial charge in [-0.1, -0.05) is 0 Å². The summed E-state index contributed by atoms with van der Waals surface area (Å²) in [7, 11) is 0. The zero-order valence-electron chi connectivity index (χ0n) is 9.21. The summed E-state index contributed by atoms with van der Waals surface area (Å²) in [6.45, 7) is 1.12. The van der Waals surface area contributed by atoms with E-state index in [9.17, 15) is 18.4 Å². The summed E-state index contributed by atoms with van der Waals surface area (Å²) in [5.74, 6) is -3.92. The number of rotatable bonds is 4. The highest BCUT2D eigenvalue weighted by Gasteiger charge is 2.24. The molecule has 1 unspecified atom stereocenters. The number of carboxylic acid groups (broad SMARTS) is 1. The lowest BCUT2D eigenvalue weighted by Gasteiger charge is -2.14. The SMILES string of the molecule is CC(=O)NC(Cc1c(F)cnc(Br)c1F)C(=O)O. The number of nitrogens with one attached hydrogen (secondary N) is 1. The fraction of sp³-hybridized carbons (Fsp3) is 0.300. The lowest BCUT2D eigenvalue weighted by atomic mass is 10.1. The van der Waals surface area contributed by atoms with Crippen molar-refractivity contribution in [3.8, 4) is 0 Å². The first-order valence-electron chi connectivity index (χ1n) is 4.81. The molecule has 2 N–H and O–H groups in total. The molecule has 0 aliphatic heterocycles. The molecule has 0 radical (unpaired) electrons. The molecule has 5 nitrogen and oxygen atoms in total. The van der Waals surface area contributed by atoms with Crippen molar-refractivity contribution in [3.63, 3.8) is 0 Å². The van der Waals surface area contributed by atoms with Crippen molar-refractivity contribution in [2.24, 2.45) is 0 Å². The number of carbonyl (C=O) groups is 2. The van der Waals surface area contributed by atoms with Crippen LogP contribution in [0.4, 0.5) is 8.78 Å². The van der Waals surface area contributed by atoms with Crippen LogP contribution in [0.15, 0.2) is 10.8 Å². The van der Waals surface area contributed by atoms with E-state index in [1.165, 1.54) is 0 Å². The quantitative estimate of drug-likeness (QED) is 0.818. The monoisotopic (exact) mass is 322 g/mol. The fourth-order valence-corrected chi connectivity index (χ4v) is 1.66. The number of amides is 1. The average molecular weight is 323 g/mol. The Labute approximate surface area is 109 Å². The maximum atomic E-state index is 13.6. The first-order valence-corrected chi connectivity index (χ1v) is 5.60. The van der Waals surface area contributed by atoms with Gasteiger partial charge in [-0.25, -0.2) is 18.6 Å². The fourth-order valence-electron chi connectivity index (χ4n) is 1.31. The molecule has 1 atom stereocenters. The maximum absolute atomic E-state index is 13.6. The third-order valence-corrected chi connectivity index (χ3v) is 2.66. The molecule has 1 aromatic heterocycles. The molecule has 0 aromatic carbocycles. The van der Waals surface area contributed by atoms with E-state index in [1.807, 2.05) is 0 Å². The minimum Gasteiger partial charge on any atom is -0.480 e. The van der Waals surface area contributed by atoms with Gasteiger partial charge in [-0.2, -0.15) is 0 Å². The number of carbonyl (C=O) groups excluding carboxylic acids is 1. The van der Waals surface area contributed by atoms with Crippen molar-refractivity contribution in [1.82, 2.24) is 10.3 Å². The van der Waals surface area contributed by atoms with Crippen LogP contribution in [0.25, 0.3) is 0 Å². The molecule has 98 valence electrons. The number of hydrogen-bond acceptors (Lipinski definition) is 3. The molecule has 0 spiro atoms. The van der Waals surface area contributed by atoms with Gasteiger partial charge in [0, 0.05) is 18.9 Å². The van der Waals surface area contributed by atoms with Gasteiger partial charge in [0.1, 0.15) is 16.5 Å². The molecule has 0 aliphatic rings. The predicted molar refractivity (Wildman–Crippen MR) is 60.8 cm³/mol. The van der Waals surface area contributed by atoms with Crippen LogP contribution < -0.4 is 5.32 Å². The molecule has 1 aromatic rings. The van der Waals surface area contributed by atoms with Gasteiger partial charge in [0.05, 0.1) is 6.20 Å². The number of halogens is 3. The Bertz CT molecular complexity index is 496. The molecular weight excluding hydrogens is 314 g/mol. The van der Waals surface area contributed by atoms with Crippen molar-refractivity contribution in [3.05, 3.63) is 28.0 Å². The second kappa shape index (κ2) is 5.85. The Morgan fingerprint density at radius 3 is 2.67 bits per heavy atom. The Balaban J connectivity index is 3.04. The Kier molecular flexibility index (Phi) is 4.71. The van der Waals surface area contributed by atoms with Crippen molar-refractivity contribution >= 4 is 27.8 Å². The lowest BCUT2D eigenvalue weighted by molar-refractivity contribution is -0.141. The molecule has 0 aliphatic carbocycles. The van der Waals surface area contributed by atoms with Gasteiger partial charge in [-0.15, -0.1) is 0 Å². The van der Waals surface area contributed by atoms with E-state index < -0.39 is 41.5 Å². The predicted octanol–water partition coefficient (Wildman–Crippen LogP) is 1.25. The summed E-state index contributed by atoms with van der Waals surface area (Å²) >= 11 is 2.77. The highest BCUT2D eigenvalue weighted by molar-refractivity contribution is 9.10. The zero-order chi connectivity index (χ0) is 13.9. The normalized spacial score (nSPS) is 12.0. The van der Waals surface area contributed by atoms with Crippen molar-refractivity contribution in [2.45, 2.75) is 19.4 Å². The molecule has 0 bridgehead atoms. The van der Waals surface area contributed by atoms with E-state index >= 15 is 0 Å². The number of pyridine rings is 1. The third kappa shape index (κ3) is 3.46. The van der Waals surface area contributed by atoms with Gasteiger partial charge < -0.3 is 10.4 Å². The van der Waals surface area contributed by atoms with Gasteiger partial charge in [-0.3, -0.25) is 4.79 Å². The smallest absolute Gasteiger partial charge is 0.326 e. The first kappa shape index (κ1) is 14.5. The minimum absolute atomic E-state index is 0.217. The van der Waals surface area contributed by atoms with Crippen LogP contribution in [0.1, 0.15) is 12.5 Å². The van der Waals surface area contributed by atoms with Crippen LogP contribution in [0.5, 0.6) is 0 Å². The average Bonchev–Trinajstić information content (AvgIpc) is 2.27. The Hall–Kier alpha value is -1.57. The lowest BCUT2D eigenvalue weighted by Crippen LogP contribution is -2.41. The number of aromatic nitrogens is 1. The second-order valence-electron chi connectivity index (χ2n) is 3.48. The van der Waals surface area contributed by atoms with Crippen molar-refractivity contribution in [1.29, 1.82) is 0 Å². The molecular formula is C10H9BrF2N2O3. The van der Waals surface area contributed by atoms with Gasteiger partial charge in [0.2, 0.25) is 5.91 Å². The van der Waals surface area contributed by atoms with Gasteiger partial charge in [0.25, 0.3) is 0 Å². The van der Waals surface area contributed by atoms with Crippen molar-refractivity contribution in [2.75, 3.05) is 0 Å². The zero-order valence-corrected chi connectivity index (χ0v) is 10.8. The number of nitrogens with zero attached hydrogens (tertiary/aromatic N) is 1. The molecule has 8 heteroatoms. The van der Waals surface area contributed by atoms with Gasteiger partial charge >= 0.3 is 5.97 Å². The number of aliphatic carboxylic acids is 1. The van der Waals surface area contributed by atoms with Crippen LogP contribution in [-0.2, 0) is 16.0 Å². The third-order valence-electron chi connectivity index (χ3n) is 2.11. The highest BCUT2D eigenvalue weighted by atomic mass is 79.9. The van der Waals surface area contributed by atoms with E-state index in [-0.39, 0.29) is 4.60 Å². The molecule has 1 rings (SSSR count). The van der Waals surface area contributed by atoms with Gasteiger partial charge in [0.15, 0.2) is 5.82 Å². The summed E-state index contributed by atoms with van der Waals surface area (Å²) in [6, 6.07) is -1.40. The molecule has 0 saturated carbocycles. The highest BCUT2D eigenvalue weighted by Crippen LogP contribution is 2.20. The van der Waals surface area contributed by atoms with E-state index in [4.69, 9.17) is 5.11 Å². The molecule has 18 heavy (non-hydrogen) atoms. The van der Waals surface area contributed by atoms with Crippen LogP contribution in [0.3, 0.4) is 0 Å². The van der Waals surface area contributed by atoms with Crippen LogP contribution >= 0.6 is 15.9 Å². The summed E-state index contributed by atoms with van der Waals surface area (Å²) in [6.07, 6.45) is 0.267. The summed E-state index contributed by atoms with van der Waals surface area (Å²) in [4.78, 5) is 25.0. The molecule has 1 amide bonds. The van der Waals surface area contributed by atoms with Gasteiger partial charge in [-0.05, 0) is 15.9 Å². The number of carboxylic acids is 1. The molecule has 0 saturated heterocycles. The van der Waals surface area contributed by atoms with Crippen LogP contribution in [0.2, 0.25) is 0 Å². The van der Waals surface area contributed by atoms with Crippen LogP contribution in [-0.4, -0.2) is 28.0 Å².